The third-order valence-corrected chi connectivity index (χ3v) is 4.40. The minimum Gasteiger partial charge on any atom is -0.311 e. The van der Waals surface area contributed by atoms with Crippen LogP contribution in [0.25, 0.3) is 0 Å². The van der Waals surface area contributed by atoms with Crippen molar-refractivity contribution in [1.29, 1.82) is 0 Å². The average molecular weight is 293 g/mol. The van der Waals surface area contributed by atoms with Gasteiger partial charge in [-0.05, 0) is 19.0 Å². The summed E-state index contributed by atoms with van der Waals surface area (Å²) >= 11 is 0. The molecule has 3 nitrogen and oxygen atoms in total. The molecule has 1 unspecified atom stereocenters. The number of hydrogen-bond acceptors (Lipinski definition) is 3. The Morgan fingerprint density at radius 3 is 2.43 bits per heavy atom. The lowest BCUT2D eigenvalue weighted by Gasteiger charge is -2.40. The molecule has 1 aliphatic heterocycles. The molecule has 0 amide bonds. The Labute approximate surface area is 128 Å². The molecule has 2 rings (SSSR count). The SMILES string of the molecule is CC(C)C(CNCc1ccccc1F)N1CCN(C)CC1. The van der Waals surface area contributed by atoms with Crippen LogP contribution in [0.3, 0.4) is 0 Å². The lowest BCUT2D eigenvalue weighted by Crippen LogP contribution is -2.53. The average Bonchev–Trinajstić information content (AvgIpc) is 2.46. The van der Waals surface area contributed by atoms with Crippen LogP contribution >= 0.6 is 0 Å². The van der Waals surface area contributed by atoms with E-state index in [1.54, 1.807) is 6.07 Å². The zero-order chi connectivity index (χ0) is 15.2. The monoisotopic (exact) mass is 293 g/mol. The Hall–Kier alpha value is -0.970. The molecule has 0 saturated carbocycles. The molecule has 0 spiro atoms. The minimum atomic E-state index is -0.120. The van der Waals surface area contributed by atoms with Gasteiger partial charge in [-0.2, -0.15) is 0 Å². The van der Waals surface area contributed by atoms with E-state index in [2.05, 4.69) is 36.0 Å². The second-order valence-corrected chi connectivity index (χ2v) is 6.37. The third kappa shape index (κ3) is 4.77. The largest absolute Gasteiger partial charge is 0.311 e. The predicted molar refractivity (Wildman–Crippen MR) is 85.8 cm³/mol. The topological polar surface area (TPSA) is 18.5 Å². The Morgan fingerprint density at radius 2 is 1.81 bits per heavy atom. The molecule has 1 atom stereocenters. The number of hydrogen-bond donors (Lipinski definition) is 1. The van der Waals surface area contributed by atoms with Crippen LogP contribution in [0.4, 0.5) is 4.39 Å². The maximum atomic E-state index is 13.6. The van der Waals surface area contributed by atoms with Gasteiger partial charge in [-0.3, -0.25) is 4.90 Å². The van der Waals surface area contributed by atoms with Crippen molar-refractivity contribution in [1.82, 2.24) is 15.1 Å². The van der Waals surface area contributed by atoms with Crippen LogP contribution in [-0.2, 0) is 6.54 Å². The standard InChI is InChI=1S/C17H28FN3/c1-14(2)17(21-10-8-20(3)9-11-21)13-19-12-15-6-4-5-7-16(15)18/h4-7,14,17,19H,8-13H2,1-3H3. The van der Waals surface area contributed by atoms with Crippen LogP contribution in [0.5, 0.6) is 0 Å². The van der Waals surface area contributed by atoms with E-state index in [0.29, 0.717) is 18.5 Å². The predicted octanol–water partition coefficient (Wildman–Crippen LogP) is 2.19. The van der Waals surface area contributed by atoms with Gasteiger partial charge in [0.25, 0.3) is 0 Å². The summed E-state index contributed by atoms with van der Waals surface area (Å²) in [6, 6.07) is 7.52. The summed E-state index contributed by atoms with van der Waals surface area (Å²) in [5.74, 6) is 0.479. The molecule has 1 aliphatic rings. The van der Waals surface area contributed by atoms with Crippen molar-refractivity contribution in [2.45, 2.75) is 26.4 Å². The maximum Gasteiger partial charge on any atom is 0.127 e. The Kier molecular flexibility index (Phi) is 6.15. The van der Waals surface area contributed by atoms with Gasteiger partial charge < -0.3 is 10.2 Å². The van der Waals surface area contributed by atoms with Crippen molar-refractivity contribution < 1.29 is 4.39 Å². The van der Waals surface area contributed by atoms with Crippen LogP contribution in [-0.4, -0.2) is 55.6 Å². The second kappa shape index (κ2) is 7.87. The summed E-state index contributed by atoms with van der Waals surface area (Å²) < 4.78 is 13.6. The highest BCUT2D eigenvalue weighted by molar-refractivity contribution is 5.16. The number of likely N-dealkylation sites (N-methyl/N-ethyl adjacent to an activating group) is 1. The molecule has 0 aromatic heterocycles. The molecule has 1 heterocycles. The Bertz CT molecular complexity index is 428. The van der Waals surface area contributed by atoms with E-state index in [1.807, 2.05) is 12.1 Å². The lowest BCUT2D eigenvalue weighted by atomic mass is 10.0. The Balaban J connectivity index is 1.84. The van der Waals surface area contributed by atoms with E-state index < -0.39 is 0 Å². The van der Waals surface area contributed by atoms with Crippen molar-refractivity contribution in [2.75, 3.05) is 39.8 Å². The number of rotatable bonds is 6. The molecule has 1 N–H and O–H groups in total. The summed E-state index contributed by atoms with van der Waals surface area (Å²) in [6.07, 6.45) is 0. The highest BCUT2D eigenvalue weighted by atomic mass is 19.1. The van der Waals surface area contributed by atoms with E-state index in [9.17, 15) is 4.39 Å². The Morgan fingerprint density at radius 1 is 1.14 bits per heavy atom. The van der Waals surface area contributed by atoms with E-state index in [4.69, 9.17) is 0 Å². The van der Waals surface area contributed by atoms with Gasteiger partial charge in [0, 0.05) is 50.9 Å². The molecule has 0 radical (unpaired) electrons. The molecule has 1 saturated heterocycles. The minimum absolute atomic E-state index is 0.120. The maximum absolute atomic E-state index is 13.6. The highest BCUT2D eigenvalue weighted by Crippen LogP contribution is 2.13. The van der Waals surface area contributed by atoms with E-state index in [-0.39, 0.29) is 5.82 Å². The highest BCUT2D eigenvalue weighted by Gasteiger charge is 2.24. The third-order valence-electron chi connectivity index (χ3n) is 4.40. The van der Waals surface area contributed by atoms with Gasteiger partial charge in [-0.1, -0.05) is 32.0 Å². The zero-order valence-corrected chi connectivity index (χ0v) is 13.5. The fourth-order valence-electron chi connectivity index (χ4n) is 2.94. The van der Waals surface area contributed by atoms with Crippen LogP contribution in [0.15, 0.2) is 24.3 Å². The fraction of sp³-hybridized carbons (Fsp3) is 0.647. The summed E-state index contributed by atoms with van der Waals surface area (Å²) in [6.45, 7) is 10.6. The number of nitrogens with one attached hydrogen (secondary N) is 1. The molecule has 0 aliphatic carbocycles. The van der Waals surface area contributed by atoms with Gasteiger partial charge in [0.2, 0.25) is 0 Å². The molecule has 21 heavy (non-hydrogen) atoms. The number of nitrogens with zero attached hydrogens (tertiary/aromatic N) is 2. The molecule has 1 fully saturated rings. The smallest absolute Gasteiger partial charge is 0.127 e. The van der Waals surface area contributed by atoms with Crippen molar-refractivity contribution in [2.24, 2.45) is 5.92 Å². The number of piperazine rings is 1. The van der Waals surface area contributed by atoms with Crippen molar-refractivity contribution >= 4 is 0 Å². The van der Waals surface area contributed by atoms with Crippen LogP contribution in [0.2, 0.25) is 0 Å². The van der Waals surface area contributed by atoms with E-state index >= 15 is 0 Å². The number of halogens is 1. The first-order valence-corrected chi connectivity index (χ1v) is 7.94. The second-order valence-electron chi connectivity index (χ2n) is 6.37. The van der Waals surface area contributed by atoms with Gasteiger partial charge >= 0.3 is 0 Å². The number of benzene rings is 1. The molecular weight excluding hydrogens is 265 g/mol. The first-order chi connectivity index (χ1) is 10.1. The van der Waals surface area contributed by atoms with Crippen LogP contribution in [0.1, 0.15) is 19.4 Å². The molecular formula is C17H28FN3. The molecule has 1 aromatic rings. The molecule has 118 valence electrons. The molecule has 1 aromatic carbocycles. The van der Waals surface area contributed by atoms with Crippen molar-refractivity contribution in [3.05, 3.63) is 35.6 Å². The normalized spacial score (nSPS) is 19.1. The summed E-state index contributed by atoms with van der Waals surface area (Å²) in [5.41, 5.74) is 0.749. The van der Waals surface area contributed by atoms with Gasteiger partial charge in [-0.25, -0.2) is 4.39 Å². The van der Waals surface area contributed by atoms with Crippen LogP contribution < -0.4 is 5.32 Å². The van der Waals surface area contributed by atoms with Gasteiger partial charge in [0.15, 0.2) is 0 Å². The first-order valence-electron chi connectivity index (χ1n) is 7.94. The van der Waals surface area contributed by atoms with E-state index in [1.165, 1.54) is 6.07 Å². The summed E-state index contributed by atoms with van der Waals surface area (Å²) in [4.78, 5) is 4.94. The van der Waals surface area contributed by atoms with Gasteiger partial charge in [0.1, 0.15) is 5.82 Å². The van der Waals surface area contributed by atoms with Gasteiger partial charge in [0.05, 0.1) is 0 Å². The summed E-state index contributed by atoms with van der Waals surface area (Å²) in [7, 11) is 2.18. The zero-order valence-electron chi connectivity index (χ0n) is 13.5. The van der Waals surface area contributed by atoms with Crippen molar-refractivity contribution in [3.8, 4) is 0 Å². The van der Waals surface area contributed by atoms with Crippen LogP contribution in [0, 0.1) is 11.7 Å². The fourth-order valence-corrected chi connectivity index (χ4v) is 2.94. The molecule has 0 bridgehead atoms. The van der Waals surface area contributed by atoms with Gasteiger partial charge in [-0.15, -0.1) is 0 Å². The summed E-state index contributed by atoms with van der Waals surface area (Å²) in [5, 5.41) is 3.44. The van der Waals surface area contributed by atoms with E-state index in [0.717, 1.165) is 38.3 Å². The molecule has 4 heteroatoms. The quantitative estimate of drug-likeness (QED) is 0.867. The lowest BCUT2D eigenvalue weighted by molar-refractivity contribution is 0.0875. The first kappa shape index (κ1) is 16.4. The van der Waals surface area contributed by atoms with Crippen molar-refractivity contribution in [3.63, 3.8) is 0 Å².